The number of aromatic nitrogens is 1. The van der Waals surface area contributed by atoms with Crippen LogP contribution in [0.1, 0.15) is 21.5 Å². The SMILES string of the molecule is O=C(NCc1ccccc1)c1cc2c3c(nccc3c1)NC2. The second-order valence-electron chi connectivity index (χ2n) is 5.41. The summed E-state index contributed by atoms with van der Waals surface area (Å²) in [5, 5.41) is 8.41. The van der Waals surface area contributed by atoms with Gasteiger partial charge in [0.1, 0.15) is 5.82 Å². The molecular formula is C18H15N3O. The number of hydrogen-bond acceptors (Lipinski definition) is 3. The third-order valence-electron chi connectivity index (χ3n) is 3.95. The maximum atomic E-state index is 12.4. The average Bonchev–Trinajstić information content (AvgIpc) is 2.98. The molecule has 0 bridgehead atoms. The first-order valence-corrected chi connectivity index (χ1v) is 7.29. The first-order valence-electron chi connectivity index (χ1n) is 7.29. The van der Waals surface area contributed by atoms with Crippen LogP contribution < -0.4 is 10.6 Å². The Bertz CT molecular complexity index is 859. The fourth-order valence-electron chi connectivity index (χ4n) is 2.87. The smallest absolute Gasteiger partial charge is 0.251 e. The number of hydrogen-bond donors (Lipinski definition) is 2. The van der Waals surface area contributed by atoms with E-state index in [4.69, 9.17) is 0 Å². The molecule has 22 heavy (non-hydrogen) atoms. The van der Waals surface area contributed by atoms with Crippen LogP contribution in [-0.4, -0.2) is 10.9 Å². The summed E-state index contributed by atoms with van der Waals surface area (Å²) in [4.78, 5) is 16.7. The number of rotatable bonds is 3. The molecule has 0 aliphatic carbocycles. The number of nitrogens with zero attached hydrogens (tertiary/aromatic N) is 1. The second kappa shape index (κ2) is 5.15. The van der Waals surface area contributed by atoms with Gasteiger partial charge >= 0.3 is 0 Å². The highest BCUT2D eigenvalue weighted by molar-refractivity contribution is 6.03. The quantitative estimate of drug-likeness (QED) is 0.779. The Morgan fingerprint density at radius 3 is 2.91 bits per heavy atom. The summed E-state index contributed by atoms with van der Waals surface area (Å²) < 4.78 is 0. The van der Waals surface area contributed by atoms with Gasteiger partial charge in [-0.2, -0.15) is 0 Å². The third-order valence-corrected chi connectivity index (χ3v) is 3.95. The molecule has 0 radical (unpaired) electrons. The van der Waals surface area contributed by atoms with E-state index in [2.05, 4.69) is 15.6 Å². The molecule has 2 heterocycles. The molecule has 108 valence electrons. The molecule has 3 aromatic rings. The molecule has 1 aliphatic heterocycles. The third kappa shape index (κ3) is 2.19. The van der Waals surface area contributed by atoms with Crippen LogP contribution in [0.4, 0.5) is 5.82 Å². The zero-order chi connectivity index (χ0) is 14.9. The largest absolute Gasteiger partial charge is 0.365 e. The molecule has 0 unspecified atom stereocenters. The molecule has 0 saturated carbocycles. The van der Waals surface area contributed by atoms with Crippen molar-refractivity contribution in [2.45, 2.75) is 13.1 Å². The molecule has 0 saturated heterocycles. The van der Waals surface area contributed by atoms with E-state index in [0.717, 1.165) is 34.3 Å². The molecule has 0 atom stereocenters. The van der Waals surface area contributed by atoms with Gasteiger partial charge in [-0.3, -0.25) is 4.79 Å². The Labute approximate surface area is 128 Å². The van der Waals surface area contributed by atoms with Crippen molar-refractivity contribution in [1.82, 2.24) is 10.3 Å². The van der Waals surface area contributed by atoms with Gasteiger partial charge in [0.05, 0.1) is 0 Å². The summed E-state index contributed by atoms with van der Waals surface area (Å²) in [6.07, 6.45) is 1.77. The van der Waals surface area contributed by atoms with Crippen LogP contribution in [0.5, 0.6) is 0 Å². The molecule has 1 amide bonds. The number of carbonyl (C=O) groups excluding carboxylic acids is 1. The van der Waals surface area contributed by atoms with Gasteiger partial charge in [0.2, 0.25) is 0 Å². The molecule has 1 aromatic heterocycles. The lowest BCUT2D eigenvalue weighted by Crippen LogP contribution is -2.22. The Morgan fingerprint density at radius 2 is 2.05 bits per heavy atom. The maximum absolute atomic E-state index is 12.4. The topological polar surface area (TPSA) is 54.0 Å². The number of nitrogens with one attached hydrogen (secondary N) is 2. The van der Waals surface area contributed by atoms with Gasteiger partial charge in [0, 0.05) is 30.2 Å². The van der Waals surface area contributed by atoms with Crippen molar-refractivity contribution in [1.29, 1.82) is 0 Å². The predicted molar refractivity (Wildman–Crippen MR) is 86.7 cm³/mol. The van der Waals surface area contributed by atoms with Crippen LogP contribution in [-0.2, 0) is 13.1 Å². The normalized spacial score (nSPS) is 12.2. The standard InChI is InChI=1S/C18H15N3O/c22-18(21-10-12-4-2-1-3-5-12)14-8-13-6-7-19-17-16(13)15(9-14)11-20-17/h1-9H,10-11H2,(H,19,20)(H,21,22). The van der Waals surface area contributed by atoms with Crippen molar-refractivity contribution in [3.63, 3.8) is 0 Å². The van der Waals surface area contributed by atoms with Gasteiger partial charge in [-0.05, 0) is 34.7 Å². The van der Waals surface area contributed by atoms with Crippen LogP contribution in [0.15, 0.2) is 54.7 Å². The number of pyridine rings is 1. The van der Waals surface area contributed by atoms with Crippen LogP contribution in [0.2, 0.25) is 0 Å². The van der Waals surface area contributed by atoms with Crippen LogP contribution in [0.25, 0.3) is 10.8 Å². The fraction of sp³-hybridized carbons (Fsp3) is 0.111. The minimum atomic E-state index is -0.0488. The van der Waals surface area contributed by atoms with E-state index < -0.39 is 0 Å². The van der Waals surface area contributed by atoms with Crippen molar-refractivity contribution < 1.29 is 4.79 Å². The van der Waals surface area contributed by atoms with Crippen molar-refractivity contribution in [3.8, 4) is 0 Å². The highest BCUT2D eigenvalue weighted by Crippen LogP contribution is 2.32. The average molecular weight is 289 g/mol. The molecule has 0 fully saturated rings. The number of anilines is 1. The summed E-state index contributed by atoms with van der Waals surface area (Å²) in [7, 11) is 0. The highest BCUT2D eigenvalue weighted by atomic mass is 16.1. The predicted octanol–water partition coefficient (Wildman–Crippen LogP) is 3.09. The van der Waals surface area contributed by atoms with Gasteiger partial charge in [-0.1, -0.05) is 30.3 Å². The molecule has 4 heteroatoms. The summed E-state index contributed by atoms with van der Waals surface area (Å²) in [5.74, 6) is 0.857. The number of carbonyl (C=O) groups is 1. The molecular weight excluding hydrogens is 274 g/mol. The molecule has 2 aromatic carbocycles. The summed E-state index contributed by atoms with van der Waals surface area (Å²) in [6.45, 7) is 1.26. The van der Waals surface area contributed by atoms with Crippen molar-refractivity contribution >= 4 is 22.5 Å². The van der Waals surface area contributed by atoms with E-state index in [9.17, 15) is 4.79 Å². The summed E-state index contributed by atoms with van der Waals surface area (Å²) in [6, 6.07) is 15.7. The first kappa shape index (κ1) is 12.8. The molecule has 4 rings (SSSR count). The zero-order valence-corrected chi connectivity index (χ0v) is 12.0. The lowest BCUT2D eigenvalue weighted by atomic mass is 10.0. The first-order chi connectivity index (χ1) is 10.8. The lowest BCUT2D eigenvalue weighted by molar-refractivity contribution is 0.0951. The van der Waals surface area contributed by atoms with Crippen LogP contribution >= 0.6 is 0 Å². The zero-order valence-electron chi connectivity index (χ0n) is 12.0. The molecule has 4 nitrogen and oxygen atoms in total. The minimum Gasteiger partial charge on any atom is -0.365 e. The second-order valence-corrected chi connectivity index (χ2v) is 5.41. The van der Waals surface area contributed by atoms with Crippen LogP contribution in [0.3, 0.4) is 0 Å². The van der Waals surface area contributed by atoms with E-state index in [1.165, 1.54) is 0 Å². The Hall–Kier alpha value is -2.88. The maximum Gasteiger partial charge on any atom is 0.251 e. The molecule has 1 aliphatic rings. The van der Waals surface area contributed by atoms with Gasteiger partial charge < -0.3 is 10.6 Å². The van der Waals surface area contributed by atoms with E-state index in [-0.39, 0.29) is 5.91 Å². The van der Waals surface area contributed by atoms with Gasteiger partial charge in [-0.15, -0.1) is 0 Å². The van der Waals surface area contributed by atoms with E-state index in [1.807, 2.05) is 48.5 Å². The van der Waals surface area contributed by atoms with E-state index >= 15 is 0 Å². The van der Waals surface area contributed by atoms with E-state index in [1.54, 1.807) is 6.20 Å². The number of benzene rings is 2. The van der Waals surface area contributed by atoms with Crippen molar-refractivity contribution in [2.75, 3.05) is 5.32 Å². The Morgan fingerprint density at radius 1 is 1.18 bits per heavy atom. The van der Waals surface area contributed by atoms with Crippen molar-refractivity contribution in [2.24, 2.45) is 0 Å². The fourth-order valence-corrected chi connectivity index (χ4v) is 2.87. The summed E-state index contributed by atoms with van der Waals surface area (Å²) >= 11 is 0. The highest BCUT2D eigenvalue weighted by Gasteiger charge is 2.17. The van der Waals surface area contributed by atoms with Gasteiger partial charge in [0.25, 0.3) is 5.91 Å². The molecule has 0 spiro atoms. The Kier molecular flexibility index (Phi) is 3.00. The minimum absolute atomic E-state index is 0.0488. The number of amides is 1. The molecule has 2 N–H and O–H groups in total. The Balaban J connectivity index is 1.61. The van der Waals surface area contributed by atoms with Gasteiger partial charge in [0.15, 0.2) is 0 Å². The van der Waals surface area contributed by atoms with Gasteiger partial charge in [-0.25, -0.2) is 4.98 Å². The van der Waals surface area contributed by atoms with Crippen LogP contribution in [0, 0.1) is 0 Å². The summed E-state index contributed by atoms with van der Waals surface area (Å²) in [5.41, 5.74) is 2.92. The monoisotopic (exact) mass is 289 g/mol. The van der Waals surface area contributed by atoms with Crippen molar-refractivity contribution in [3.05, 3.63) is 71.4 Å². The lowest BCUT2D eigenvalue weighted by Gasteiger charge is -2.07. The van der Waals surface area contributed by atoms with E-state index in [0.29, 0.717) is 12.1 Å².